The summed E-state index contributed by atoms with van der Waals surface area (Å²) >= 11 is 3.08. The van der Waals surface area contributed by atoms with Gasteiger partial charge in [-0.25, -0.2) is 0 Å². The number of nitrogens with one attached hydrogen (secondary N) is 1. The second-order valence-corrected chi connectivity index (χ2v) is 5.24. The van der Waals surface area contributed by atoms with Crippen LogP contribution in [0.4, 0.5) is 13.2 Å². The predicted molar refractivity (Wildman–Crippen MR) is 72.0 cm³/mol. The summed E-state index contributed by atoms with van der Waals surface area (Å²) in [6.07, 6.45) is -2.51. The van der Waals surface area contributed by atoms with Crippen molar-refractivity contribution in [1.29, 1.82) is 0 Å². The van der Waals surface area contributed by atoms with Crippen LogP contribution in [-0.2, 0) is 6.54 Å². The Bertz CT molecular complexity index is 409. The Morgan fingerprint density at radius 2 is 2.05 bits per heavy atom. The minimum atomic E-state index is -4.67. The van der Waals surface area contributed by atoms with Gasteiger partial charge in [-0.2, -0.15) is 0 Å². The van der Waals surface area contributed by atoms with E-state index in [0.29, 0.717) is 17.1 Å². The van der Waals surface area contributed by atoms with Crippen LogP contribution in [0.3, 0.4) is 0 Å². The monoisotopic (exact) mass is 339 g/mol. The second kappa shape index (κ2) is 7.14. The van der Waals surface area contributed by atoms with Gasteiger partial charge in [0, 0.05) is 12.6 Å². The molecule has 0 heterocycles. The molecule has 0 aromatic heterocycles. The molecule has 0 bridgehead atoms. The topological polar surface area (TPSA) is 21.3 Å². The van der Waals surface area contributed by atoms with Gasteiger partial charge in [0.15, 0.2) is 0 Å². The van der Waals surface area contributed by atoms with E-state index in [4.69, 9.17) is 0 Å². The lowest BCUT2D eigenvalue weighted by atomic mass is 10.1. The average molecular weight is 340 g/mol. The lowest BCUT2D eigenvalue weighted by molar-refractivity contribution is -0.274. The molecule has 0 aliphatic heterocycles. The molecule has 1 unspecified atom stereocenters. The minimum Gasteiger partial charge on any atom is -0.405 e. The van der Waals surface area contributed by atoms with E-state index in [-0.39, 0.29) is 5.75 Å². The van der Waals surface area contributed by atoms with Crippen molar-refractivity contribution in [3.05, 3.63) is 28.2 Å². The highest BCUT2D eigenvalue weighted by Gasteiger charge is 2.31. The SMILES string of the molecule is CCCC(C)NCc1ccc(OC(F)(F)F)c(Br)c1. The molecule has 0 saturated heterocycles. The van der Waals surface area contributed by atoms with Crippen molar-refractivity contribution in [2.75, 3.05) is 0 Å². The fraction of sp³-hybridized carbons (Fsp3) is 0.538. The van der Waals surface area contributed by atoms with Gasteiger partial charge in [0.05, 0.1) is 4.47 Å². The van der Waals surface area contributed by atoms with Crippen molar-refractivity contribution in [2.45, 2.75) is 45.6 Å². The molecule has 2 nitrogen and oxygen atoms in total. The third-order valence-electron chi connectivity index (χ3n) is 2.60. The molecule has 0 radical (unpaired) electrons. The van der Waals surface area contributed by atoms with Gasteiger partial charge >= 0.3 is 6.36 Å². The van der Waals surface area contributed by atoms with Gasteiger partial charge in [-0.3, -0.25) is 0 Å². The van der Waals surface area contributed by atoms with Crippen LogP contribution in [0.15, 0.2) is 22.7 Å². The maximum atomic E-state index is 12.1. The number of benzene rings is 1. The summed E-state index contributed by atoms with van der Waals surface area (Å²) in [5.74, 6) is -0.224. The summed E-state index contributed by atoms with van der Waals surface area (Å²) in [7, 11) is 0. The molecule has 1 rings (SSSR count). The lowest BCUT2D eigenvalue weighted by Crippen LogP contribution is -2.25. The van der Waals surface area contributed by atoms with E-state index in [9.17, 15) is 13.2 Å². The first-order chi connectivity index (χ1) is 8.81. The normalized spacial score (nSPS) is 13.4. The zero-order valence-corrected chi connectivity index (χ0v) is 12.4. The maximum absolute atomic E-state index is 12.1. The van der Waals surface area contributed by atoms with E-state index in [0.717, 1.165) is 18.4 Å². The van der Waals surface area contributed by atoms with Gasteiger partial charge in [0.1, 0.15) is 5.75 Å². The molecular weight excluding hydrogens is 323 g/mol. The molecule has 1 aromatic carbocycles. The summed E-state index contributed by atoms with van der Waals surface area (Å²) in [6.45, 7) is 4.81. The van der Waals surface area contributed by atoms with Gasteiger partial charge in [-0.15, -0.1) is 13.2 Å². The molecule has 19 heavy (non-hydrogen) atoms. The molecule has 0 amide bonds. The molecule has 0 aliphatic rings. The summed E-state index contributed by atoms with van der Waals surface area (Å²) in [5.41, 5.74) is 0.907. The fourth-order valence-corrected chi connectivity index (χ4v) is 2.20. The zero-order valence-electron chi connectivity index (χ0n) is 10.9. The van der Waals surface area contributed by atoms with Crippen LogP contribution >= 0.6 is 15.9 Å². The molecule has 0 aliphatic carbocycles. The quantitative estimate of drug-likeness (QED) is 0.816. The van der Waals surface area contributed by atoms with Crippen molar-refractivity contribution >= 4 is 15.9 Å². The van der Waals surface area contributed by atoms with Crippen molar-refractivity contribution in [3.63, 3.8) is 0 Å². The van der Waals surface area contributed by atoms with Gasteiger partial charge in [-0.1, -0.05) is 19.4 Å². The van der Waals surface area contributed by atoms with Gasteiger partial charge in [0.2, 0.25) is 0 Å². The number of hydrogen-bond donors (Lipinski definition) is 1. The van der Waals surface area contributed by atoms with E-state index in [2.05, 4.69) is 39.8 Å². The number of hydrogen-bond acceptors (Lipinski definition) is 2. The maximum Gasteiger partial charge on any atom is 0.573 e. The molecule has 0 saturated carbocycles. The lowest BCUT2D eigenvalue weighted by Gasteiger charge is -2.14. The summed E-state index contributed by atoms with van der Waals surface area (Å²) in [5, 5.41) is 3.31. The molecule has 6 heteroatoms. The molecule has 1 atom stereocenters. The molecule has 1 aromatic rings. The number of halogens is 4. The van der Waals surface area contributed by atoms with Crippen molar-refractivity contribution < 1.29 is 17.9 Å². The first kappa shape index (κ1) is 16.3. The van der Waals surface area contributed by atoms with Crippen molar-refractivity contribution in [2.24, 2.45) is 0 Å². The highest BCUT2D eigenvalue weighted by molar-refractivity contribution is 9.10. The fourth-order valence-electron chi connectivity index (χ4n) is 1.69. The van der Waals surface area contributed by atoms with Crippen molar-refractivity contribution in [1.82, 2.24) is 5.32 Å². The van der Waals surface area contributed by atoms with Gasteiger partial charge in [-0.05, 0) is 47.0 Å². The third kappa shape index (κ3) is 6.29. The Morgan fingerprint density at radius 3 is 2.58 bits per heavy atom. The third-order valence-corrected chi connectivity index (χ3v) is 3.22. The average Bonchev–Trinajstić information content (AvgIpc) is 2.28. The van der Waals surface area contributed by atoms with Crippen LogP contribution in [0.2, 0.25) is 0 Å². The molecular formula is C13H17BrF3NO. The van der Waals surface area contributed by atoms with Crippen LogP contribution in [0, 0.1) is 0 Å². The van der Waals surface area contributed by atoms with Crippen LogP contribution in [0.5, 0.6) is 5.75 Å². The minimum absolute atomic E-state index is 0.224. The number of alkyl halides is 3. The number of rotatable bonds is 6. The van der Waals surface area contributed by atoms with Crippen molar-refractivity contribution in [3.8, 4) is 5.75 Å². The molecule has 0 fully saturated rings. The van der Waals surface area contributed by atoms with E-state index >= 15 is 0 Å². The first-order valence-corrected chi connectivity index (χ1v) is 6.88. The molecule has 1 N–H and O–H groups in total. The van der Waals surface area contributed by atoms with E-state index < -0.39 is 6.36 Å². The Balaban J connectivity index is 2.61. The molecule has 108 valence electrons. The van der Waals surface area contributed by atoms with E-state index in [1.165, 1.54) is 6.07 Å². The van der Waals surface area contributed by atoms with Crippen LogP contribution in [0.25, 0.3) is 0 Å². The second-order valence-electron chi connectivity index (χ2n) is 4.38. The predicted octanol–water partition coefficient (Wildman–Crippen LogP) is 4.63. The van der Waals surface area contributed by atoms with E-state index in [1.54, 1.807) is 12.1 Å². The standard InChI is InChI=1S/C13H17BrF3NO/c1-3-4-9(2)18-8-10-5-6-12(11(14)7-10)19-13(15,16)17/h5-7,9,18H,3-4,8H2,1-2H3. The van der Waals surface area contributed by atoms with Gasteiger partial charge in [0.25, 0.3) is 0 Å². The number of ether oxygens (including phenoxy) is 1. The largest absolute Gasteiger partial charge is 0.573 e. The summed E-state index contributed by atoms with van der Waals surface area (Å²) < 4.78 is 40.5. The highest BCUT2D eigenvalue weighted by atomic mass is 79.9. The Morgan fingerprint density at radius 1 is 1.37 bits per heavy atom. The Labute approximate surface area is 119 Å². The Kier molecular flexibility index (Phi) is 6.13. The molecule has 0 spiro atoms. The van der Waals surface area contributed by atoms with Crippen LogP contribution < -0.4 is 10.1 Å². The zero-order chi connectivity index (χ0) is 14.5. The Hall–Kier alpha value is -0.750. The highest BCUT2D eigenvalue weighted by Crippen LogP contribution is 2.31. The smallest absolute Gasteiger partial charge is 0.405 e. The summed E-state index contributed by atoms with van der Waals surface area (Å²) in [6, 6.07) is 4.96. The van der Waals surface area contributed by atoms with Crippen LogP contribution in [0.1, 0.15) is 32.3 Å². The van der Waals surface area contributed by atoms with Gasteiger partial charge < -0.3 is 10.1 Å². The van der Waals surface area contributed by atoms with Crippen LogP contribution in [-0.4, -0.2) is 12.4 Å². The van der Waals surface area contributed by atoms with E-state index in [1.807, 2.05) is 0 Å². The first-order valence-electron chi connectivity index (χ1n) is 6.09. The summed E-state index contributed by atoms with van der Waals surface area (Å²) in [4.78, 5) is 0.